The second-order valence-electron chi connectivity index (χ2n) is 3.56. The highest BCUT2D eigenvalue weighted by Gasteiger charge is 2.11. The van der Waals surface area contributed by atoms with Crippen LogP contribution in [0, 0.1) is 0 Å². The SMILES string of the molecule is NC(=O)c1ccc2c3nnnc-3ccnc2c1. The second-order valence-corrected chi connectivity index (χ2v) is 3.56. The molecule has 3 rings (SSSR count). The van der Waals surface area contributed by atoms with Crippen molar-refractivity contribution in [3.63, 3.8) is 0 Å². The summed E-state index contributed by atoms with van der Waals surface area (Å²) in [5.41, 5.74) is 7.60. The monoisotopic (exact) mass is 225 g/mol. The minimum atomic E-state index is -0.483. The Bertz CT molecular complexity index is 697. The first-order chi connectivity index (χ1) is 8.25. The third-order valence-corrected chi connectivity index (χ3v) is 2.52. The third-order valence-electron chi connectivity index (χ3n) is 2.52. The number of hydrogen-bond donors (Lipinski definition) is 1. The maximum Gasteiger partial charge on any atom is 0.248 e. The van der Waals surface area contributed by atoms with Crippen LogP contribution in [0.15, 0.2) is 30.5 Å². The number of nitrogens with zero attached hydrogens (tertiary/aromatic N) is 4. The Hall–Kier alpha value is -2.63. The average molecular weight is 225 g/mol. The molecule has 0 atom stereocenters. The van der Waals surface area contributed by atoms with Crippen molar-refractivity contribution >= 4 is 16.8 Å². The summed E-state index contributed by atoms with van der Waals surface area (Å²) in [7, 11) is 0. The van der Waals surface area contributed by atoms with Gasteiger partial charge >= 0.3 is 0 Å². The van der Waals surface area contributed by atoms with Crippen molar-refractivity contribution in [2.75, 3.05) is 0 Å². The van der Waals surface area contributed by atoms with Crippen LogP contribution >= 0.6 is 0 Å². The maximum absolute atomic E-state index is 11.1. The van der Waals surface area contributed by atoms with Gasteiger partial charge in [-0.05, 0) is 29.5 Å². The van der Waals surface area contributed by atoms with Crippen LogP contribution in [0.25, 0.3) is 22.3 Å². The fourth-order valence-corrected chi connectivity index (χ4v) is 1.70. The standard InChI is InChI=1S/C11H7N5O/c12-11(17)6-1-2-7-9(5-6)13-4-3-8-10(7)15-16-14-8/h1-5H,(H2,12,17). The first kappa shape index (κ1) is 9.59. The molecule has 0 bridgehead atoms. The van der Waals surface area contributed by atoms with Gasteiger partial charge in [0.05, 0.1) is 5.52 Å². The summed E-state index contributed by atoms with van der Waals surface area (Å²) in [5.74, 6) is -0.483. The summed E-state index contributed by atoms with van der Waals surface area (Å²) in [6.07, 6.45) is 1.60. The van der Waals surface area contributed by atoms with Gasteiger partial charge in [0.1, 0.15) is 11.4 Å². The van der Waals surface area contributed by atoms with E-state index in [2.05, 4.69) is 20.4 Å². The topological polar surface area (TPSA) is 94.7 Å². The minimum Gasteiger partial charge on any atom is -0.366 e. The molecule has 0 saturated heterocycles. The predicted octanol–water partition coefficient (Wildman–Crippen LogP) is 0.624. The van der Waals surface area contributed by atoms with Crippen LogP contribution in [0.1, 0.15) is 10.4 Å². The molecule has 82 valence electrons. The molecular weight excluding hydrogens is 218 g/mol. The molecule has 2 heterocycles. The Balaban J connectivity index is 2.39. The number of carbonyl (C=O) groups is 1. The number of aromatic nitrogens is 4. The van der Waals surface area contributed by atoms with E-state index >= 15 is 0 Å². The van der Waals surface area contributed by atoms with E-state index in [9.17, 15) is 4.79 Å². The van der Waals surface area contributed by atoms with E-state index in [1.165, 1.54) is 0 Å². The molecule has 0 aromatic heterocycles. The summed E-state index contributed by atoms with van der Waals surface area (Å²) in [5, 5.41) is 12.2. The lowest BCUT2D eigenvalue weighted by atomic mass is 10.1. The fraction of sp³-hybridized carbons (Fsp3) is 0. The third kappa shape index (κ3) is 1.46. The van der Waals surface area contributed by atoms with Crippen LogP contribution in [-0.4, -0.2) is 26.3 Å². The Labute approximate surface area is 95.8 Å². The smallest absolute Gasteiger partial charge is 0.248 e. The van der Waals surface area contributed by atoms with Gasteiger partial charge in [-0.25, -0.2) is 0 Å². The fourth-order valence-electron chi connectivity index (χ4n) is 1.70. The number of amides is 1. The highest BCUT2D eigenvalue weighted by Crippen LogP contribution is 2.24. The van der Waals surface area contributed by atoms with Gasteiger partial charge in [0.25, 0.3) is 0 Å². The van der Waals surface area contributed by atoms with Crippen molar-refractivity contribution in [2.45, 2.75) is 0 Å². The zero-order chi connectivity index (χ0) is 11.8. The van der Waals surface area contributed by atoms with Gasteiger partial charge in [0.15, 0.2) is 0 Å². The zero-order valence-electron chi connectivity index (χ0n) is 8.66. The summed E-state index contributed by atoms with van der Waals surface area (Å²) < 4.78 is 0. The molecule has 2 aliphatic rings. The molecule has 0 saturated carbocycles. The average Bonchev–Trinajstić information content (AvgIpc) is 2.71. The molecule has 0 unspecified atom stereocenters. The molecule has 1 aromatic carbocycles. The molecule has 1 amide bonds. The molecule has 17 heavy (non-hydrogen) atoms. The van der Waals surface area contributed by atoms with E-state index in [0.717, 1.165) is 5.39 Å². The number of primary amides is 1. The van der Waals surface area contributed by atoms with Gasteiger partial charge in [-0.2, -0.15) is 0 Å². The highest BCUT2D eigenvalue weighted by atomic mass is 16.1. The molecule has 0 radical (unpaired) electrons. The van der Waals surface area contributed by atoms with Crippen molar-refractivity contribution in [1.29, 1.82) is 0 Å². The molecule has 2 N–H and O–H groups in total. The summed E-state index contributed by atoms with van der Waals surface area (Å²) >= 11 is 0. The first-order valence-corrected chi connectivity index (χ1v) is 4.93. The zero-order valence-corrected chi connectivity index (χ0v) is 8.66. The lowest BCUT2D eigenvalue weighted by Crippen LogP contribution is -2.10. The van der Waals surface area contributed by atoms with E-state index in [-0.39, 0.29) is 0 Å². The highest BCUT2D eigenvalue weighted by molar-refractivity contribution is 5.99. The first-order valence-electron chi connectivity index (χ1n) is 4.93. The van der Waals surface area contributed by atoms with E-state index in [0.29, 0.717) is 22.5 Å². The Morgan fingerprint density at radius 2 is 2.06 bits per heavy atom. The van der Waals surface area contributed by atoms with Crippen LogP contribution in [0.2, 0.25) is 0 Å². The van der Waals surface area contributed by atoms with Crippen LogP contribution in [0.3, 0.4) is 0 Å². The number of hydrogen-bond acceptors (Lipinski definition) is 5. The van der Waals surface area contributed by atoms with Crippen molar-refractivity contribution in [1.82, 2.24) is 20.4 Å². The van der Waals surface area contributed by atoms with Gasteiger partial charge in [-0.15, -0.1) is 10.2 Å². The number of carbonyl (C=O) groups excluding carboxylic acids is 1. The second kappa shape index (κ2) is 3.44. The molecule has 2 aliphatic heterocycles. The maximum atomic E-state index is 11.1. The predicted molar refractivity (Wildman–Crippen MR) is 60.3 cm³/mol. The van der Waals surface area contributed by atoms with Gasteiger partial charge < -0.3 is 5.73 Å². The van der Waals surface area contributed by atoms with Crippen molar-refractivity contribution in [3.8, 4) is 11.4 Å². The summed E-state index contributed by atoms with van der Waals surface area (Å²) in [6.45, 7) is 0. The van der Waals surface area contributed by atoms with E-state index in [1.54, 1.807) is 30.5 Å². The molecular formula is C11H7N5O. The van der Waals surface area contributed by atoms with E-state index in [1.807, 2.05) is 0 Å². The number of rotatable bonds is 1. The van der Waals surface area contributed by atoms with Gasteiger partial charge in [-0.1, -0.05) is 0 Å². The number of benzene rings is 1. The molecule has 6 nitrogen and oxygen atoms in total. The minimum absolute atomic E-state index is 0.414. The van der Waals surface area contributed by atoms with Crippen LogP contribution in [0.5, 0.6) is 0 Å². The summed E-state index contributed by atoms with van der Waals surface area (Å²) in [6, 6.07) is 6.74. The molecule has 0 aliphatic carbocycles. The lowest BCUT2D eigenvalue weighted by Gasteiger charge is -1.97. The van der Waals surface area contributed by atoms with Crippen LogP contribution < -0.4 is 5.73 Å². The molecule has 1 aromatic rings. The van der Waals surface area contributed by atoms with E-state index < -0.39 is 5.91 Å². The van der Waals surface area contributed by atoms with Crippen LogP contribution in [0.4, 0.5) is 0 Å². The molecule has 0 spiro atoms. The quantitative estimate of drug-likeness (QED) is 0.655. The van der Waals surface area contributed by atoms with Crippen molar-refractivity contribution in [2.24, 2.45) is 5.73 Å². The van der Waals surface area contributed by atoms with Gasteiger partial charge in [-0.3, -0.25) is 9.78 Å². The summed E-state index contributed by atoms with van der Waals surface area (Å²) in [4.78, 5) is 15.3. The lowest BCUT2D eigenvalue weighted by molar-refractivity contribution is 0.100. The van der Waals surface area contributed by atoms with Gasteiger partial charge in [0.2, 0.25) is 5.91 Å². The number of fused-ring (bicyclic) bond motifs is 3. The number of nitrogens with two attached hydrogens (primary N) is 1. The van der Waals surface area contributed by atoms with Crippen LogP contribution in [-0.2, 0) is 0 Å². The van der Waals surface area contributed by atoms with Gasteiger partial charge in [0, 0.05) is 17.1 Å². The van der Waals surface area contributed by atoms with Crippen molar-refractivity contribution in [3.05, 3.63) is 36.0 Å². The Kier molecular flexibility index (Phi) is 1.94. The molecule has 6 heteroatoms. The van der Waals surface area contributed by atoms with E-state index in [4.69, 9.17) is 5.73 Å². The largest absolute Gasteiger partial charge is 0.366 e. The molecule has 0 fully saturated rings. The Morgan fingerprint density at radius 1 is 1.18 bits per heavy atom. The Morgan fingerprint density at radius 3 is 2.88 bits per heavy atom. The van der Waals surface area contributed by atoms with Crippen molar-refractivity contribution < 1.29 is 4.79 Å². The normalized spacial score (nSPS) is 10.8.